The van der Waals surface area contributed by atoms with E-state index >= 15 is 0 Å². The lowest BCUT2D eigenvalue weighted by molar-refractivity contribution is -0.125. The number of hydrogen-bond donors (Lipinski definition) is 3. The first-order valence-corrected chi connectivity index (χ1v) is 7.40. The van der Waals surface area contributed by atoms with Gasteiger partial charge >= 0.3 is 0 Å². The van der Waals surface area contributed by atoms with Gasteiger partial charge in [0.1, 0.15) is 0 Å². The molecule has 1 fully saturated rings. The third kappa shape index (κ3) is 4.56. The fourth-order valence-corrected chi connectivity index (χ4v) is 1.94. The van der Waals surface area contributed by atoms with Gasteiger partial charge in [0.2, 0.25) is 11.8 Å². The Labute approximate surface area is 125 Å². The van der Waals surface area contributed by atoms with Gasteiger partial charge in [-0.2, -0.15) is 0 Å². The van der Waals surface area contributed by atoms with Crippen LogP contribution < -0.4 is 16.4 Å². The Morgan fingerprint density at radius 3 is 2.67 bits per heavy atom. The number of anilines is 1. The lowest BCUT2D eigenvalue weighted by Crippen LogP contribution is -2.38. The molecule has 114 valence electrons. The first kappa shape index (κ1) is 15.5. The lowest BCUT2D eigenvalue weighted by atomic mass is 10.0. The third-order valence-corrected chi connectivity index (χ3v) is 3.81. The van der Waals surface area contributed by atoms with Crippen LogP contribution in [0.1, 0.15) is 32.3 Å². The van der Waals surface area contributed by atoms with E-state index in [1.165, 1.54) is 0 Å². The molecule has 5 heteroatoms. The summed E-state index contributed by atoms with van der Waals surface area (Å²) in [6.07, 6.45) is 1.97. The normalized spacial score (nSPS) is 16.9. The van der Waals surface area contributed by atoms with Gasteiger partial charge in [-0.05, 0) is 37.5 Å². The minimum absolute atomic E-state index is 0.0579. The molecule has 1 aromatic carbocycles. The minimum Gasteiger partial charge on any atom is -0.352 e. The molecule has 2 rings (SSSR count). The molecule has 2 unspecified atom stereocenters. The molecule has 0 aliphatic heterocycles. The van der Waals surface area contributed by atoms with Crippen molar-refractivity contribution in [1.29, 1.82) is 0 Å². The SMILES string of the molecule is CC(N)C(C)C(=O)NCc1cccc(NC(=O)C2CC2)c1. The number of benzene rings is 1. The molecule has 2 amide bonds. The van der Waals surface area contributed by atoms with E-state index in [9.17, 15) is 9.59 Å². The number of rotatable bonds is 6. The molecule has 1 aliphatic carbocycles. The monoisotopic (exact) mass is 289 g/mol. The van der Waals surface area contributed by atoms with Crippen LogP contribution in [0.3, 0.4) is 0 Å². The van der Waals surface area contributed by atoms with Crippen molar-refractivity contribution in [2.45, 2.75) is 39.3 Å². The Morgan fingerprint density at radius 2 is 2.05 bits per heavy atom. The van der Waals surface area contributed by atoms with Crippen LogP contribution in [0.25, 0.3) is 0 Å². The highest BCUT2D eigenvalue weighted by molar-refractivity contribution is 5.94. The van der Waals surface area contributed by atoms with E-state index in [0.717, 1.165) is 24.1 Å². The summed E-state index contributed by atoms with van der Waals surface area (Å²) in [5.41, 5.74) is 7.44. The smallest absolute Gasteiger partial charge is 0.227 e. The number of hydrogen-bond acceptors (Lipinski definition) is 3. The largest absolute Gasteiger partial charge is 0.352 e. The Bertz CT molecular complexity index is 524. The number of carbonyl (C=O) groups excluding carboxylic acids is 2. The highest BCUT2D eigenvalue weighted by Crippen LogP contribution is 2.30. The molecule has 4 N–H and O–H groups in total. The number of nitrogens with two attached hydrogens (primary N) is 1. The summed E-state index contributed by atoms with van der Waals surface area (Å²) in [7, 11) is 0. The van der Waals surface area contributed by atoms with Crippen molar-refractivity contribution in [3.05, 3.63) is 29.8 Å². The molecular weight excluding hydrogens is 266 g/mol. The zero-order valence-corrected chi connectivity index (χ0v) is 12.6. The van der Waals surface area contributed by atoms with E-state index in [2.05, 4.69) is 10.6 Å². The first-order valence-electron chi connectivity index (χ1n) is 7.40. The number of amides is 2. The highest BCUT2D eigenvalue weighted by Gasteiger charge is 2.29. The summed E-state index contributed by atoms with van der Waals surface area (Å²) < 4.78 is 0. The second kappa shape index (κ2) is 6.72. The first-order chi connectivity index (χ1) is 9.97. The molecule has 5 nitrogen and oxygen atoms in total. The zero-order chi connectivity index (χ0) is 15.4. The molecule has 0 aromatic heterocycles. The molecule has 1 saturated carbocycles. The summed E-state index contributed by atoms with van der Waals surface area (Å²) in [5.74, 6) is -0.0119. The topological polar surface area (TPSA) is 84.2 Å². The molecule has 0 spiro atoms. The fourth-order valence-electron chi connectivity index (χ4n) is 1.94. The van der Waals surface area contributed by atoms with Crippen molar-refractivity contribution < 1.29 is 9.59 Å². The van der Waals surface area contributed by atoms with Crippen molar-refractivity contribution in [2.75, 3.05) is 5.32 Å². The molecule has 0 heterocycles. The van der Waals surface area contributed by atoms with E-state index in [1.807, 2.05) is 38.1 Å². The maximum Gasteiger partial charge on any atom is 0.227 e. The van der Waals surface area contributed by atoms with Crippen molar-refractivity contribution in [1.82, 2.24) is 5.32 Å². The summed E-state index contributed by atoms with van der Waals surface area (Å²) in [6.45, 7) is 4.06. The van der Waals surface area contributed by atoms with Gasteiger partial charge in [-0.1, -0.05) is 19.1 Å². The quantitative estimate of drug-likeness (QED) is 0.744. The fraction of sp³-hybridized carbons (Fsp3) is 0.500. The molecule has 1 aromatic rings. The van der Waals surface area contributed by atoms with Crippen LogP contribution in [0, 0.1) is 11.8 Å². The van der Waals surface area contributed by atoms with Crippen LogP contribution in [0.5, 0.6) is 0 Å². The van der Waals surface area contributed by atoms with Gasteiger partial charge in [-0.3, -0.25) is 9.59 Å². The Hall–Kier alpha value is -1.88. The van der Waals surface area contributed by atoms with E-state index in [-0.39, 0.29) is 29.7 Å². The second-order valence-corrected chi connectivity index (χ2v) is 5.83. The van der Waals surface area contributed by atoms with E-state index in [0.29, 0.717) is 6.54 Å². The van der Waals surface area contributed by atoms with Crippen LogP contribution in [-0.2, 0) is 16.1 Å². The van der Waals surface area contributed by atoms with E-state index < -0.39 is 0 Å². The molecule has 0 saturated heterocycles. The number of carbonyl (C=O) groups is 2. The van der Waals surface area contributed by atoms with Crippen molar-refractivity contribution >= 4 is 17.5 Å². The van der Waals surface area contributed by atoms with Crippen LogP contribution in [0.4, 0.5) is 5.69 Å². The lowest BCUT2D eigenvalue weighted by Gasteiger charge is -2.15. The Morgan fingerprint density at radius 1 is 1.33 bits per heavy atom. The van der Waals surface area contributed by atoms with Crippen LogP contribution in [0.2, 0.25) is 0 Å². The summed E-state index contributed by atoms with van der Waals surface area (Å²) in [4.78, 5) is 23.6. The van der Waals surface area contributed by atoms with Gasteiger partial charge in [0, 0.05) is 30.1 Å². The summed E-state index contributed by atoms with van der Waals surface area (Å²) >= 11 is 0. The maximum absolute atomic E-state index is 11.9. The zero-order valence-electron chi connectivity index (χ0n) is 12.6. The van der Waals surface area contributed by atoms with Crippen molar-refractivity contribution in [2.24, 2.45) is 17.6 Å². The minimum atomic E-state index is -0.220. The molecule has 0 bridgehead atoms. The van der Waals surface area contributed by atoms with E-state index in [1.54, 1.807) is 0 Å². The van der Waals surface area contributed by atoms with Crippen LogP contribution in [0.15, 0.2) is 24.3 Å². The average Bonchev–Trinajstić information content (AvgIpc) is 3.28. The summed E-state index contributed by atoms with van der Waals surface area (Å²) in [5, 5.41) is 5.77. The van der Waals surface area contributed by atoms with Crippen LogP contribution in [-0.4, -0.2) is 17.9 Å². The van der Waals surface area contributed by atoms with Gasteiger partial charge in [0.05, 0.1) is 0 Å². The molecular formula is C16H23N3O2. The maximum atomic E-state index is 11.9. The van der Waals surface area contributed by atoms with Crippen LogP contribution >= 0.6 is 0 Å². The predicted octanol–water partition coefficient (Wildman–Crippen LogP) is 1.63. The van der Waals surface area contributed by atoms with Gasteiger partial charge in [0.25, 0.3) is 0 Å². The average molecular weight is 289 g/mol. The number of nitrogens with one attached hydrogen (secondary N) is 2. The molecule has 21 heavy (non-hydrogen) atoms. The third-order valence-electron chi connectivity index (χ3n) is 3.81. The second-order valence-electron chi connectivity index (χ2n) is 5.83. The Balaban J connectivity index is 1.88. The molecule has 2 atom stereocenters. The van der Waals surface area contributed by atoms with Gasteiger partial charge in [0.15, 0.2) is 0 Å². The van der Waals surface area contributed by atoms with Gasteiger partial charge in [-0.15, -0.1) is 0 Å². The van der Waals surface area contributed by atoms with E-state index in [4.69, 9.17) is 5.73 Å². The van der Waals surface area contributed by atoms with Gasteiger partial charge < -0.3 is 16.4 Å². The van der Waals surface area contributed by atoms with Crippen molar-refractivity contribution in [3.8, 4) is 0 Å². The standard InChI is InChI=1S/C16H23N3O2/c1-10(11(2)17)15(20)18-9-12-4-3-5-14(8-12)19-16(21)13-6-7-13/h3-5,8,10-11,13H,6-7,9,17H2,1-2H3,(H,18,20)(H,19,21). The Kier molecular flexibility index (Phi) is 4.96. The molecule has 1 aliphatic rings. The van der Waals surface area contributed by atoms with Crippen molar-refractivity contribution in [3.63, 3.8) is 0 Å². The summed E-state index contributed by atoms with van der Waals surface area (Å²) in [6, 6.07) is 7.37. The predicted molar refractivity (Wildman–Crippen MR) is 82.5 cm³/mol. The highest BCUT2D eigenvalue weighted by atomic mass is 16.2. The van der Waals surface area contributed by atoms with Gasteiger partial charge in [-0.25, -0.2) is 0 Å². The molecule has 0 radical (unpaired) electrons.